The number of phenolic OH excluding ortho intramolecular Hbond substituents is 1. The van der Waals surface area contributed by atoms with E-state index < -0.39 is 5.82 Å². The van der Waals surface area contributed by atoms with Crippen LogP contribution in [0.1, 0.15) is 0 Å². The van der Waals surface area contributed by atoms with Crippen LogP contribution in [0.2, 0.25) is 0 Å². The molecule has 0 aliphatic carbocycles. The third-order valence-electron chi connectivity index (χ3n) is 1.03. The lowest BCUT2D eigenvalue weighted by Crippen LogP contribution is -2.07. The van der Waals surface area contributed by atoms with Crippen LogP contribution in [0, 0.1) is 5.82 Å². The summed E-state index contributed by atoms with van der Waals surface area (Å²) in [5.41, 5.74) is -0.197. The summed E-state index contributed by atoms with van der Waals surface area (Å²) in [7, 11) is 5.06. The fourth-order valence-electron chi connectivity index (χ4n) is 0.526. The predicted molar refractivity (Wildman–Crippen MR) is 33.5 cm³/mol. The average Bonchev–Trinajstić information content (AvgIpc) is 1.83. The van der Waals surface area contributed by atoms with Gasteiger partial charge in [0, 0.05) is 0 Å². The zero-order chi connectivity index (χ0) is 6.85. The number of phenols is 1. The number of halogens is 1. The Bertz CT molecular complexity index is 204. The third-order valence-corrected chi connectivity index (χ3v) is 1.03. The molecule has 9 heavy (non-hydrogen) atoms. The van der Waals surface area contributed by atoms with Crippen LogP contribution in [-0.4, -0.2) is 13.0 Å². The second-order valence-electron chi connectivity index (χ2n) is 1.67. The molecule has 0 heterocycles. The first-order valence-corrected chi connectivity index (χ1v) is 2.45. The molecule has 1 rings (SSSR count). The summed E-state index contributed by atoms with van der Waals surface area (Å²) in [6.45, 7) is 0. The lowest BCUT2D eigenvalue weighted by molar-refractivity contribution is 0.475. The van der Waals surface area contributed by atoms with Crippen LogP contribution in [0.5, 0.6) is 5.75 Å². The van der Waals surface area contributed by atoms with Gasteiger partial charge in [-0.25, -0.2) is 4.39 Å². The molecule has 0 bridgehead atoms. The number of rotatable bonds is 0. The van der Waals surface area contributed by atoms with E-state index in [1.54, 1.807) is 0 Å². The van der Waals surface area contributed by atoms with Crippen LogP contribution in [-0.2, 0) is 0 Å². The van der Waals surface area contributed by atoms with Gasteiger partial charge in [0.05, 0.1) is 0 Å². The Balaban J connectivity index is 3.25. The second-order valence-corrected chi connectivity index (χ2v) is 1.67. The fourth-order valence-corrected chi connectivity index (χ4v) is 0.526. The van der Waals surface area contributed by atoms with E-state index in [-0.39, 0.29) is 11.2 Å². The van der Waals surface area contributed by atoms with E-state index >= 15 is 0 Å². The Morgan fingerprint density at radius 2 is 2.11 bits per heavy atom. The zero-order valence-electron chi connectivity index (χ0n) is 4.63. The molecule has 0 spiro atoms. The van der Waals surface area contributed by atoms with Crippen molar-refractivity contribution in [2.24, 2.45) is 0 Å². The number of hydrogen-bond donors (Lipinski definition) is 1. The molecule has 0 saturated heterocycles. The molecule has 1 nitrogen and oxygen atoms in total. The first-order valence-electron chi connectivity index (χ1n) is 2.45. The zero-order valence-corrected chi connectivity index (χ0v) is 4.63. The van der Waals surface area contributed by atoms with E-state index in [2.05, 4.69) is 0 Å². The monoisotopic (exact) mass is 122 g/mol. The minimum absolute atomic E-state index is 0.197. The molecule has 2 radical (unpaired) electrons. The summed E-state index contributed by atoms with van der Waals surface area (Å²) in [5.74, 6) is -0.801. The molecule has 1 aromatic rings. The predicted octanol–water partition coefficient (Wildman–Crippen LogP) is 0.325. The van der Waals surface area contributed by atoms with Crippen LogP contribution >= 0.6 is 0 Å². The van der Waals surface area contributed by atoms with Gasteiger partial charge < -0.3 is 5.11 Å². The van der Waals surface area contributed by atoms with Crippen LogP contribution < -0.4 is 5.46 Å². The number of hydrogen-bond acceptors (Lipinski definition) is 1. The quantitative estimate of drug-likeness (QED) is 0.491. The number of aromatic hydroxyl groups is 1. The molecule has 0 fully saturated rings. The third kappa shape index (κ3) is 1.04. The van der Waals surface area contributed by atoms with E-state index in [4.69, 9.17) is 13.0 Å². The maximum Gasteiger partial charge on any atom is 0.123 e. The van der Waals surface area contributed by atoms with Crippen molar-refractivity contribution < 1.29 is 9.50 Å². The van der Waals surface area contributed by atoms with Crippen molar-refractivity contribution in [2.45, 2.75) is 0 Å². The highest BCUT2D eigenvalue weighted by Gasteiger charge is 1.97. The van der Waals surface area contributed by atoms with Crippen molar-refractivity contribution in [3.05, 3.63) is 24.0 Å². The molecule has 1 N–H and O–H groups in total. The molecule has 0 aliphatic heterocycles. The molecule has 44 valence electrons. The lowest BCUT2D eigenvalue weighted by Gasteiger charge is -1.96. The standard InChI is InChI=1S/C6H4BFO/c7-6-4(8)2-1-3-5(6)9/h1-3,9H. The molecule has 3 heteroatoms. The summed E-state index contributed by atoms with van der Waals surface area (Å²) >= 11 is 0. The fraction of sp³-hybridized carbons (Fsp3) is 0. The Morgan fingerprint density at radius 3 is 2.56 bits per heavy atom. The van der Waals surface area contributed by atoms with Crippen LogP contribution in [0.15, 0.2) is 18.2 Å². The molecular formula is C6H4BFO. The Morgan fingerprint density at radius 1 is 1.44 bits per heavy atom. The van der Waals surface area contributed by atoms with Gasteiger partial charge in [-0.05, 0) is 17.6 Å². The van der Waals surface area contributed by atoms with Gasteiger partial charge in [-0.2, -0.15) is 0 Å². The van der Waals surface area contributed by atoms with Gasteiger partial charge in [-0.1, -0.05) is 6.07 Å². The molecule has 1 aromatic carbocycles. The minimum atomic E-state index is -0.588. The van der Waals surface area contributed by atoms with Gasteiger partial charge in [0.25, 0.3) is 0 Å². The van der Waals surface area contributed by atoms with E-state index in [0.29, 0.717) is 0 Å². The molecule has 0 aromatic heterocycles. The van der Waals surface area contributed by atoms with Gasteiger partial charge in [0.1, 0.15) is 19.4 Å². The SMILES string of the molecule is [B]c1c(O)cccc1F. The second kappa shape index (κ2) is 2.09. The summed E-state index contributed by atoms with van der Waals surface area (Å²) < 4.78 is 12.3. The van der Waals surface area contributed by atoms with Gasteiger partial charge in [-0.3, -0.25) is 0 Å². The Kier molecular flexibility index (Phi) is 1.43. The van der Waals surface area contributed by atoms with Gasteiger partial charge >= 0.3 is 0 Å². The highest BCUT2D eigenvalue weighted by molar-refractivity contribution is 6.34. The Labute approximate surface area is 53.5 Å². The van der Waals surface area contributed by atoms with E-state index in [1.807, 2.05) is 0 Å². The van der Waals surface area contributed by atoms with Crippen molar-refractivity contribution in [1.82, 2.24) is 0 Å². The normalized spacial score (nSPS) is 9.44. The first-order chi connectivity index (χ1) is 4.22. The van der Waals surface area contributed by atoms with Crippen LogP contribution in [0.4, 0.5) is 4.39 Å². The van der Waals surface area contributed by atoms with Crippen molar-refractivity contribution >= 4 is 13.3 Å². The van der Waals surface area contributed by atoms with Crippen molar-refractivity contribution in [3.63, 3.8) is 0 Å². The van der Waals surface area contributed by atoms with Crippen molar-refractivity contribution in [1.29, 1.82) is 0 Å². The van der Waals surface area contributed by atoms with Crippen LogP contribution in [0.25, 0.3) is 0 Å². The highest BCUT2D eigenvalue weighted by atomic mass is 19.1. The van der Waals surface area contributed by atoms with Gasteiger partial charge in [-0.15, -0.1) is 0 Å². The molecule has 0 amide bonds. The highest BCUT2D eigenvalue weighted by Crippen LogP contribution is 2.03. The summed E-state index contributed by atoms with van der Waals surface area (Å²) in [4.78, 5) is 0. The lowest BCUT2D eigenvalue weighted by atomic mass is 9.95. The van der Waals surface area contributed by atoms with Crippen molar-refractivity contribution in [2.75, 3.05) is 0 Å². The van der Waals surface area contributed by atoms with E-state index in [1.165, 1.54) is 18.2 Å². The van der Waals surface area contributed by atoms with E-state index in [0.717, 1.165) is 0 Å². The summed E-state index contributed by atoms with van der Waals surface area (Å²) in [5, 5.41) is 8.74. The summed E-state index contributed by atoms with van der Waals surface area (Å²) in [6, 6.07) is 3.91. The molecule has 0 aliphatic rings. The first kappa shape index (κ1) is 6.14. The topological polar surface area (TPSA) is 20.2 Å². The van der Waals surface area contributed by atoms with Crippen molar-refractivity contribution in [3.8, 4) is 5.75 Å². The molecule has 0 saturated carbocycles. The smallest absolute Gasteiger partial charge is 0.123 e. The Hall–Kier alpha value is -0.985. The van der Waals surface area contributed by atoms with Crippen LogP contribution in [0.3, 0.4) is 0 Å². The molecule has 0 unspecified atom stereocenters. The van der Waals surface area contributed by atoms with E-state index in [9.17, 15) is 4.39 Å². The maximum absolute atomic E-state index is 12.3. The minimum Gasteiger partial charge on any atom is -0.508 e. The molecule has 0 atom stereocenters. The largest absolute Gasteiger partial charge is 0.508 e. The average molecular weight is 122 g/mol. The van der Waals surface area contributed by atoms with Gasteiger partial charge in [0.2, 0.25) is 0 Å². The molecular weight excluding hydrogens is 118 g/mol. The van der Waals surface area contributed by atoms with Gasteiger partial charge in [0.15, 0.2) is 0 Å². The number of benzene rings is 1. The summed E-state index contributed by atoms with van der Waals surface area (Å²) in [6.07, 6.45) is 0. The maximum atomic E-state index is 12.3.